The van der Waals surface area contributed by atoms with Gasteiger partial charge in [-0.2, -0.15) is 4.98 Å². The van der Waals surface area contributed by atoms with Crippen LogP contribution >= 0.6 is 0 Å². The molecule has 88 valence electrons. The highest BCUT2D eigenvalue weighted by atomic mass is 16.2. The summed E-state index contributed by atoms with van der Waals surface area (Å²) in [5, 5.41) is 2.53. The normalized spacial score (nSPS) is 14.1. The van der Waals surface area contributed by atoms with Gasteiger partial charge in [-0.3, -0.25) is 28.6 Å². The lowest BCUT2D eigenvalue weighted by Gasteiger charge is -2.03. The molecule has 2 aromatic rings. The van der Waals surface area contributed by atoms with Crippen LogP contribution in [0.2, 0.25) is 0 Å². The number of imidazole rings is 1. The third-order valence-corrected chi connectivity index (χ3v) is 2.90. The van der Waals surface area contributed by atoms with Crippen LogP contribution in [0.1, 0.15) is 0 Å². The van der Waals surface area contributed by atoms with E-state index in [-0.39, 0.29) is 23.6 Å². The topological polar surface area (TPSA) is 90.9 Å². The minimum atomic E-state index is -0.446. The molecule has 3 heterocycles. The van der Waals surface area contributed by atoms with Gasteiger partial charge in [0.2, 0.25) is 11.9 Å². The maximum absolute atomic E-state index is 12.0. The van der Waals surface area contributed by atoms with Gasteiger partial charge in [-0.25, -0.2) is 4.79 Å². The van der Waals surface area contributed by atoms with Crippen molar-refractivity contribution in [3.8, 4) is 0 Å². The molecule has 0 saturated carbocycles. The molecule has 0 radical (unpaired) electrons. The first-order valence-corrected chi connectivity index (χ1v) is 4.97. The zero-order valence-corrected chi connectivity index (χ0v) is 9.22. The minimum Gasteiger partial charge on any atom is -0.294 e. The fraction of sp³-hybridized carbons (Fsp3) is 0.333. The van der Waals surface area contributed by atoms with Gasteiger partial charge in [-0.1, -0.05) is 0 Å². The second-order valence-electron chi connectivity index (χ2n) is 3.95. The molecule has 0 unspecified atom stereocenters. The van der Waals surface area contributed by atoms with E-state index in [1.165, 1.54) is 23.2 Å². The summed E-state index contributed by atoms with van der Waals surface area (Å²) in [7, 11) is 2.93. The maximum Gasteiger partial charge on any atom is 0.332 e. The highest BCUT2D eigenvalue weighted by molar-refractivity contribution is 5.96. The minimum absolute atomic E-state index is 0.0548. The first-order chi connectivity index (χ1) is 8.00. The smallest absolute Gasteiger partial charge is 0.294 e. The molecule has 1 aliphatic rings. The van der Waals surface area contributed by atoms with Gasteiger partial charge < -0.3 is 0 Å². The number of amides is 1. The molecule has 0 aliphatic carbocycles. The van der Waals surface area contributed by atoms with Crippen molar-refractivity contribution in [2.24, 2.45) is 14.1 Å². The third kappa shape index (κ3) is 1.06. The number of nitrogens with zero attached hydrogens (tertiary/aromatic N) is 4. The summed E-state index contributed by atoms with van der Waals surface area (Å²) >= 11 is 0. The second-order valence-corrected chi connectivity index (χ2v) is 3.95. The van der Waals surface area contributed by atoms with Gasteiger partial charge in [0.25, 0.3) is 5.56 Å². The van der Waals surface area contributed by atoms with Gasteiger partial charge in [0, 0.05) is 14.1 Å². The number of hydrogen-bond acceptors (Lipinski definition) is 4. The molecule has 0 fully saturated rings. The quantitative estimate of drug-likeness (QED) is 0.594. The molecule has 3 rings (SSSR count). The molecular weight excluding hydrogens is 226 g/mol. The van der Waals surface area contributed by atoms with Crippen LogP contribution in [0.3, 0.4) is 0 Å². The van der Waals surface area contributed by atoms with E-state index in [1.54, 1.807) is 0 Å². The number of rotatable bonds is 0. The first kappa shape index (κ1) is 9.82. The molecule has 0 spiro atoms. The second kappa shape index (κ2) is 2.84. The molecule has 0 saturated heterocycles. The summed E-state index contributed by atoms with van der Waals surface area (Å²) in [5.41, 5.74) is -0.333. The van der Waals surface area contributed by atoms with Crippen LogP contribution < -0.4 is 16.6 Å². The number of hydrogen-bond donors (Lipinski definition) is 1. The predicted molar refractivity (Wildman–Crippen MR) is 58.8 cm³/mol. The van der Waals surface area contributed by atoms with E-state index in [0.717, 1.165) is 4.57 Å². The van der Waals surface area contributed by atoms with E-state index in [0.29, 0.717) is 5.95 Å². The number of nitrogens with one attached hydrogen (secondary N) is 1. The monoisotopic (exact) mass is 235 g/mol. The van der Waals surface area contributed by atoms with Crippen molar-refractivity contribution < 1.29 is 4.79 Å². The lowest BCUT2D eigenvalue weighted by atomic mass is 10.5. The molecular formula is C9H9N5O3. The van der Waals surface area contributed by atoms with Crippen LogP contribution in [-0.2, 0) is 25.4 Å². The number of fused-ring (bicyclic) bond motifs is 3. The molecule has 1 aliphatic heterocycles. The summed E-state index contributed by atoms with van der Waals surface area (Å²) in [6.07, 6.45) is 0. The van der Waals surface area contributed by atoms with Crippen LogP contribution in [0, 0.1) is 0 Å². The molecule has 8 heteroatoms. The van der Waals surface area contributed by atoms with Crippen LogP contribution in [-0.4, -0.2) is 24.6 Å². The molecule has 0 bridgehead atoms. The summed E-state index contributed by atoms with van der Waals surface area (Å²) in [5.74, 6) is 0.0913. The van der Waals surface area contributed by atoms with Gasteiger partial charge in [0.1, 0.15) is 6.54 Å². The van der Waals surface area contributed by atoms with E-state index in [9.17, 15) is 14.4 Å². The molecule has 8 nitrogen and oxygen atoms in total. The van der Waals surface area contributed by atoms with E-state index in [2.05, 4.69) is 10.3 Å². The summed E-state index contributed by atoms with van der Waals surface area (Å²) in [4.78, 5) is 39.0. The standard InChI is InChI=1S/C9H9N5O3/c1-12-6-5(7(16)13(2)9(12)17)14-3-4(15)10-8(14)11-6/h3H2,1-2H3,(H,10,11,15). The van der Waals surface area contributed by atoms with Gasteiger partial charge in [-0.15, -0.1) is 0 Å². The van der Waals surface area contributed by atoms with E-state index >= 15 is 0 Å². The molecule has 1 N–H and O–H groups in total. The Morgan fingerprint density at radius 3 is 2.59 bits per heavy atom. The Morgan fingerprint density at radius 2 is 1.88 bits per heavy atom. The van der Waals surface area contributed by atoms with Crippen molar-refractivity contribution in [3.63, 3.8) is 0 Å². The third-order valence-electron chi connectivity index (χ3n) is 2.90. The van der Waals surface area contributed by atoms with Crippen LogP contribution in [0.25, 0.3) is 11.2 Å². The van der Waals surface area contributed by atoms with E-state index < -0.39 is 11.2 Å². The Labute approximate surface area is 94.1 Å². The average molecular weight is 235 g/mol. The van der Waals surface area contributed by atoms with Crippen LogP contribution in [0.5, 0.6) is 0 Å². The fourth-order valence-corrected chi connectivity index (χ4v) is 2.00. The summed E-state index contributed by atoms with van der Waals surface area (Å²) in [6.45, 7) is 0.0548. The zero-order chi connectivity index (χ0) is 12.3. The Morgan fingerprint density at radius 1 is 1.18 bits per heavy atom. The van der Waals surface area contributed by atoms with Crippen LogP contribution in [0.15, 0.2) is 9.59 Å². The van der Waals surface area contributed by atoms with E-state index in [4.69, 9.17) is 0 Å². The van der Waals surface area contributed by atoms with E-state index in [1.807, 2.05) is 0 Å². The van der Waals surface area contributed by atoms with Gasteiger partial charge in [0.05, 0.1) is 0 Å². The number of carbonyl (C=O) groups is 1. The molecule has 17 heavy (non-hydrogen) atoms. The number of aromatic nitrogens is 4. The molecule has 2 aromatic heterocycles. The van der Waals surface area contributed by atoms with Crippen molar-refractivity contribution in [2.45, 2.75) is 6.54 Å². The van der Waals surface area contributed by atoms with Crippen molar-refractivity contribution in [1.29, 1.82) is 0 Å². The number of anilines is 1. The Hall–Kier alpha value is -2.38. The zero-order valence-electron chi connectivity index (χ0n) is 9.22. The molecule has 1 amide bonds. The highest BCUT2D eigenvalue weighted by Gasteiger charge is 2.25. The lowest BCUT2D eigenvalue weighted by Crippen LogP contribution is -2.37. The van der Waals surface area contributed by atoms with Crippen molar-refractivity contribution >= 4 is 23.0 Å². The Kier molecular flexibility index (Phi) is 1.64. The van der Waals surface area contributed by atoms with Gasteiger partial charge in [-0.05, 0) is 0 Å². The van der Waals surface area contributed by atoms with Crippen molar-refractivity contribution in [2.75, 3.05) is 5.32 Å². The largest absolute Gasteiger partial charge is 0.332 e. The predicted octanol–water partition coefficient (Wildman–Crippen LogP) is -1.61. The maximum atomic E-state index is 12.0. The Balaban J connectivity index is 2.57. The summed E-state index contributed by atoms with van der Waals surface area (Å²) < 4.78 is 3.77. The average Bonchev–Trinajstić information content (AvgIpc) is 2.79. The SMILES string of the molecule is Cn1c(=O)c2c(nc3n2CC(=O)N3)n(C)c1=O. The Bertz CT molecular complexity index is 778. The van der Waals surface area contributed by atoms with Crippen molar-refractivity contribution in [1.82, 2.24) is 18.7 Å². The van der Waals surface area contributed by atoms with Gasteiger partial charge >= 0.3 is 5.69 Å². The highest BCUT2D eigenvalue weighted by Crippen LogP contribution is 2.19. The molecule has 0 aromatic carbocycles. The van der Waals surface area contributed by atoms with Crippen molar-refractivity contribution in [3.05, 3.63) is 20.8 Å². The number of aryl methyl sites for hydroxylation is 1. The lowest BCUT2D eigenvalue weighted by molar-refractivity contribution is -0.115. The van der Waals surface area contributed by atoms with Crippen LogP contribution in [0.4, 0.5) is 5.95 Å². The fourth-order valence-electron chi connectivity index (χ4n) is 2.00. The first-order valence-electron chi connectivity index (χ1n) is 4.97. The summed E-state index contributed by atoms with van der Waals surface area (Å²) in [6, 6.07) is 0. The molecule has 0 atom stereocenters. The number of carbonyl (C=O) groups excluding carboxylic acids is 1. The van der Waals surface area contributed by atoms with Gasteiger partial charge in [0.15, 0.2) is 11.2 Å².